The van der Waals surface area contributed by atoms with E-state index in [1.54, 1.807) is 48.5 Å². The largest absolute Gasteiger partial charge is 0.492 e. The van der Waals surface area contributed by atoms with E-state index < -0.39 is 0 Å². The number of nitrogens with two attached hydrogens (primary N) is 1. The number of hydrogen-bond acceptors (Lipinski definition) is 4. The van der Waals surface area contributed by atoms with Crippen LogP contribution in [0.2, 0.25) is 0 Å². The molecule has 0 radical (unpaired) electrons. The third-order valence-electron chi connectivity index (χ3n) is 2.79. The van der Waals surface area contributed by atoms with E-state index >= 15 is 0 Å². The van der Waals surface area contributed by atoms with Crippen molar-refractivity contribution in [1.29, 1.82) is 5.26 Å². The zero-order chi connectivity index (χ0) is 15.1. The van der Waals surface area contributed by atoms with Crippen LogP contribution in [0, 0.1) is 11.3 Å². The molecule has 106 valence electrons. The van der Waals surface area contributed by atoms with Gasteiger partial charge in [0.1, 0.15) is 12.4 Å². The highest BCUT2D eigenvalue weighted by molar-refractivity contribution is 5.94. The molecule has 0 bridgehead atoms. The van der Waals surface area contributed by atoms with E-state index in [0.717, 1.165) is 0 Å². The molecule has 0 saturated heterocycles. The Morgan fingerprint density at radius 2 is 2.00 bits per heavy atom. The molecular formula is C16H15N3O2. The molecule has 1 amide bonds. The lowest BCUT2D eigenvalue weighted by Crippen LogP contribution is -2.28. The minimum Gasteiger partial charge on any atom is -0.492 e. The second-order valence-corrected chi connectivity index (χ2v) is 4.37. The number of nitrogens with zero attached hydrogens (tertiary/aromatic N) is 1. The third kappa shape index (κ3) is 4.25. The molecule has 0 heterocycles. The quantitative estimate of drug-likeness (QED) is 0.647. The minimum atomic E-state index is -0.177. The normalized spacial score (nSPS) is 9.67. The SMILES string of the molecule is N#Cc1cccc(OCCNC(=O)c2ccc(N)cc2)c1. The molecule has 2 aromatic rings. The summed E-state index contributed by atoms with van der Waals surface area (Å²) in [6.07, 6.45) is 0. The van der Waals surface area contributed by atoms with E-state index in [1.807, 2.05) is 6.07 Å². The van der Waals surface area contributed by atoms with E-state index in [-0.39, 0.29) is 5.91 Å². The van der Waals surface area contributed by atoms with Gasteiger partial charge in [0.05, 0.1) is 18.2 Å². The number of nitriles is 1. The molecule has 21 heavy (non-hydrogen) atoms. The van der Waals surface area contributed by atoms with E-state index in [1.165, 1.54) is 0 Å². The van der Waals surface area contributed by atoms with Gasteiger partial charge in [-0.2, -0.15) is 5.26 Å². The summed E-state index contributed by atoms with van der Waals surface area (Å²) < 4.78 is 5.47. The topological polar surface area (TPSA) is 88.1 Å². The first-order valence-corrected chi connectivity index (χ1v) is 6.46. The van der Waals surface area contributed by atoms with Gasteiger partial charge < -0.3 is 15.8 Å². The summed E-state index contributed by atoms with van der Waals surface area (Å²) >= 11 is 0. The van der Waals surface area contributed by atoms with Crippen LogP contribution in [0.25, 0.3) is 0 Å². The average Bonchev–Trinajstić information content (AvgIpc) is 2.52. The number of rotatable bonds is 5. The summed E-state index contributed by atoms with van der Waals surface area (Å²) in [6, 6.07) is 15.6. The first kappa shape index (κ1) is 14.4. The maximum atomic E-state index is 11.8. The summed E-state index contributed by atoms with van der Waals surface area (Å²) in [4.78, 5) is 11.8. The summed E-state index contributed by atoms with van der Waals surface area (Å²) in [5.74, 6) is 0.431. The van der Waals surface area contributed by atoms with Crippen LogP contribution in [-0.2, 0) is 0 Å². The van der Waals surface area contributed by atoms with Gasteiger partial charge >= 0.3 is 0 Å². The maximum absolute atomic E-state index is 11.8. The first-order valence-electron chi connectivity index (χ1n) is 6.46. The predicted octanol–water partition coefficient (Wildman–Crippen LogP) is 1.95. The molecule has 2 aromatic carbocycles. The Hall–Kier alpha value is -3.00. The lowest BCUT2D eigenvalue weighted by molar-refractivity contribution is 0.0947. The van der Waals surface area contributed by atoms with Crippen LogP contribution >= 0.6 is 0 Å². The van der Waals surface area contributed by atoms with Crippen LogP contribution in [0.3, 0.4) is 0 Å². The van der Waals surface area contributed by atoms with Crippen LogP contribution < -0.4 is 15.8 Å². The molecule has 0 spiro atoms. The maximum Gasteiger partial charge on any atom is 0.251 e. The molecule has 2 rings (SSSR count). The zero-order valence-corrected chi connectivity index (χ0v) is 11.4. The van der Waals surface area contributed by atoms with Gasteiger partial charge in [0.15, 0.2) is 0 Å². The van der Waals surface area contributed by atoms with Gasteiger partial charge in [-0.3, -0.25) is 4.79 Å². The Kier molecular flexibility index (Phi) is 4.78. The van der Waals surface area contributed by atoms with Crippen molar-refractivity contribution in [1.82, 2.24) is 5.32 Å². The monoisotopic (exact) mass is 281 g/mol. The fourth-order valence-electron chi connectivity index (χ4n) is 1.73. The second-order valence-electron chi connectivity index (χ2n) is 4.37. The number of nitrogen functional groups attached to an aromatic ring is 1. The van der Waals surface area contributed by atoms with Gasteiger partial charge in [0.2, 0.25) is 0 Å². The molecule has 0 aromatic heterocycles. The van der Waals surface area contributed by atoms with Crippen molar-refractivity contribution in [3.05, 3.63) is 59.7 Å². The second kappa shape index (κ2) is 6.96. The van der Waals surface area contributed by atoms with Gasteiger partial charge in [-0.1, -0.05) is 6.07 Å². The van der Waals surface area contributed by atoms with Crippen molar-refractivity contribution in [3.8, 4) is 11.8 Å². The number of anilines is 1. The highest BCUT2D eigenvalue weighted by Crippen LogP contribution is 2.12. The van der Waals surface area contributed by atoms with E-state index in [9.17, 15) is 4.79 Å². The standard InChI is InChI=1S/C16H15N3O2/c17-11-12-2-1-3-15(10-12)21-9-8-19-16(20)13-4-6-14(18)7-5-13/h1-7,10H,8-9,18H2,(H,19,20). The lowest BCUT2D eigenvalue weighted by Gasteiger charge is -2.08. The number of benzene rings is 2. The lowest BCUT2D eigenvalue weighted by atomic mass is 10.2. The van der Waals surface area contributed by atoms with Crippen molar-refractivity contribution in [2.24, 2.45) is 0 Å². The van der Waals surface area contributed by atoms with Crippen molar-refractivity contribution >= 4 is 11.6 Å². The molecule has 0 aliphatic heterocycles. The van der Waals surface area contributed by atoms with E-state index in [2.05, 4.69) is 5.32 Å². The molecule has 5 nitrogen and oxygen atoms in total. The van der Waals surface area contributed by atoms with Crippen molar-refractivity contribution in [3.63, 3.8) is 0 Å². The number of amides is 1. The summed E-state index contributed by atoms with van der Waals surface area (Å²) in [6.45, 7) is 0.704. The van der Waals surface area contributed by atoms with Gasteiger partial charge in [-0.25, -0.2) is 0 Å². The average molecular weight is 281 g/mol. The Morgan fingerprint density at radius 1 is 1.24 bits per heavy atom. The van der Waals surface area contributed by atoms with Crippen molar-refractivity contribution in [2.45, 2.75) is 0 Å². The molecule has 0 fully saturated rings. The molecule has 3 N–H and O–H groups in total. The van der Waals surface area contributed by atoms with Crippen LogP contribution in [0.5, 0.6) is 5.75 Å². The molecule has 5 heteroatoms. The van der Waals surface area contributed by atoms with Gasteiger partial charge in [-0.15, -0.1) is 0 Å². The number of carbonyl (C=O) groups excluding carboxylic acids is 1. The predicted molar refractivity (Wildman–Crippen MR) is 79.8 cm³/mol. The van der Waals surface area contributed by atoms with Gasteiger partial charge in [-0.05, 0) is 42.5 Å². The highest BCUT2D eigenvalue weighted by atomic mass is 16.5. The number of carbonyl (C=O) groups is 1. The van der Waals surface area contributed by atoms with Gasteiger partial charge in [0.25, 0.3) is 5.91 Å². The third-order valence-corrected chi connectivity index (χ3v) is 2.79. The first-order chi connectivity index (χ1) is 10.2. The zero-order valence-electron chi connectivity index (χ0n) is 11.4. The van der Waals surface area contributed by atoms with E-state index in [0.29, 0.717) is 35.7 Å². The van der Waals surface area contributed by atoms with Crippen LogP contribution in [0.1, 0.15) is 15.9 Å². The number of nitrogens with one attached hydrogen (secondary N) is 1. The molecule has 0 saturated carbocycles. The minimum absolute atomic E-state index is 0.177. The number of ether oxygens (including phenoxy) is 1. The summed E-state index contributed by atoms with van der Waals surface area (Å²) in [5.41, 5.74) is 7.27. The highest BCUT2D eigenvalue weighted by Gasteiger charge is 2.04. The van der Waals surface area contributed by atoms with Gasteiger partial charge in [0, 0.05) is 11.3 Å². The smallest absolute Gasteiger partial charge is 0.251 e. The molecule has 0 unspecified atom stereocenters. The van der Waals surface area contributed by atoms with Crippen molar-refractivity contribution < 1.29 is 9.53 Å². The van der Waals surface area contributed by atoms with Crippen molar-refractivity contribution in [2.75, 3.05) is 18.9 Å². The van der Waals surface area contributed by atoms with E-state index in [4.69, 9.17) is 15.7 Å². The Bertz CT molecular complexity index is 660. The van der Waals surface area contributed by atoms with Crippen LogP contribution in [0.4, 0.5) is 5.69 Å². The number of hydrogen-bond donors (Lipinski definition) is 2. The molecule has 0 atom stereocenters. The fourth-order valence-corrected chi connectivity index (χ4v) is 1.73. The summed E-state index contributed by atoms with van der Waals surface area (Å²) in [7, 11) is 0. The Balaban J connectivity index is 1.78. The Labute approximate surface area is 123 Å². The molecular weight excluding hydrogens is 266 g/mol. The fraction of sp³-hybridized carbons (Fsp3) is 0.125. The molecule has 0 aliphatic carbocycles. The summed E-state index contributed by atoms with van der Waals surface area (Å²) in [5, 5.41) is 11.5. The van der Waals surface area contributed by atoms with Crippen LogP contribution in [0.15, 0.2) is 48.5 Å². The Morgan fingerprint density at radius 3 is 2.71 bits per heavy atom. The van der Waals surface area contributed by atoms with Crippen LogP contribution in [-0.4, -0.2) is 19.1 Å². The molecule has 0 aliphatic rings.